The van der Waals surface area contributed by atoms with Crippen LogP contribution in [0.3, 0.4) is 0 Å². The fourth-order valence-corrected chi connectivity index (χ4v) is 6.97. The molecule has 4 bridgehead atoms. The van der Waals surface area contributed by atoms with Gasteiger partial charge in [-0.25, -0.2) is 0 Å². The van der Waals surface area contributed by atoms with Crippen molar-refractivity contribution >= 4 is 11.6 Å². The van der Waals surface area contributed by atoms with E-state index in [0.717, 1.165) is 64.0 Å². The molecule has 1 aromatic rings. The molecule has 1 saturated heterocycles. The molecule has 27 heavy (non-hydrogen) atoms. The van der Waals surface area contributed by atoms with Gasteiger partial charge in [-0.1, -0.05) is 18.2 Å². The lowest BCUT2D eigenvalue weighted by molar-refractivity contribution is -0.168. The number of para-hydroxylation sites is 1. The molecular weight excluding hydrogens is 338 g/mol. The summed E-state index contributed by atoms with van der Waals surface area (Å²) in [5.41, 5.74) is 0.522. The van der Waals surface area contributed by atoms with E-state index in [4.69, 9.17) is 4.74 Å². The Morgan fingerprint density at radius 2 is 1.89 bits per heavy atom. The highest BCUT2D eigenvalue weighted by molar-refractivity contribution is 5.93. The Morgan fingerprint density at radius 3 is 2.52 bits per heavy atom. The van der Waals surface area contributed by atoms with Gasteiger partial charge in [0.05, 0.1) is 12.2 Å². The number of hydrogen-bond acceptors (Lipinski definition) is 3. The molecule has 3 atom stereocenters. The van der Waals surface area contributed by atoms with Crippen LogP contribution in [-0.4, -0.2) is 36.4 Å². The normalized spacial score (nSPS) is 39.7. The summed E-state index contributed by atoms with van der Waals surface area (Å²) in [5.74, 6) is 1.91. The van der Waals surface area contributed by atoms with Gasteiger partial charge < -0.3 is 14.7 Å². The lowest BCUT2D eigenvalue weighted by Crippen LogP contribution is -2.56. The van der Waals surface area contributed by atoms with E-state index in [1.807, 2.05) is 35.2 Å². The van der Waals surface area contributed by atoms with Crippen LogP contribution < -0.4 is 4.90 Å². The standard InChI is InChI=1S/C23H31NO3/c25-21(13-22-9-18-8-19(10-22)12-23(26,11-18)16-22)24(14-17-6-7-27-15-17)20-4-2-1-3-5-20/h1-5,17-19,26H,6-16H2/t17-,18-,19-,22?,23?/m1/s1. The van der Waals surface area contributed by atoms with E-state index in [9.17, 15) is 9.90 Å². The van der Waals surface area contributed by atoms with Gasteiger partial charge in [-0.05, 0) is 74.3 Å². The van der Waals surface area contributed by atoms with Crippen LogP contribution in [0.1, 0.15) is 51.4 Å². The number of hydrogen-bond donors (Lipinski definition) is 1. The Labute approximate surface area is 161 Å². The van der Waals surface area contributed by atoms with Gasteiger partial charge in [0.2, 0.25) is 5.91 Å². The van der Waals surface area contributed by atoms with E-state index < -0.39 is 5.60 Å². The molecular formula is C23H31NO3. The molecule has 1 amide bonds. The summed E-state index contributed by atoms with van der Waals surface area (Å²) < 4.78 is 5.55. The van der Waals surface area contributed by atoms with E-state index in [-0.39, 0.29) is 11.3 Å². The third-order valence-electron chi connectivity index (χ3n) is 7.51. The molecule has 4 aliphatic carbocycles. The van der Waals surface area contributed by atoms with E-state index in [0.29, 0.717) is 24.2 Å². The maximum absolute atomic E-state index is 13.5. The second kappa shape index (κ2) is 6.59. The predicted octanol–water partition coefficient (Wildman–Crippen LogP) is 3.78. The highest BCUT2D eigenvalue weighted by Crippen LogP contribution is 2.63. The molecule has 146 valence electrons. The number of benzene rings is 1. The Bertz CT molecular complexity index is 683. The quantitative estimate of drug-likeness (QED) is 0.859. The number of rotatable bonds is 5. The van der Waals surface area contributed by atoms with Gasteiger partial charge in [0, 0.05) is 31.2 Å². The molecule has 0 unspecified atom stereocenters. The Morgan fingerprint density at radius 1 is 1.15 bits per heavy atom. The van der Waals surface area contributed by atoms with Gasteiger partial charge in [-0.15, -0.1) is 0 Å². The molecule has 1 aliphatic heterocycles. The zero-order valence-corrected chi connectivity index (χ0v) is 16.1. The number of carbonyl (C=O) groups excluding carboxylic acids is 1. The van der Waals surface area contributed by atoms with Crippen LogP contribution in [0.4, 0.5) is 5.69 Å². The first-order chi connectivity index (χ1) is 13.0. The van der Waals surface area contributed by atoms with Gasteiger partial charge in [-0.2, -0.15) is 0 Å². The van der Waals surface area contributed by atoms with Crippen molar-refractivity contribution in [3.8, 4) is 0 Å². The largest absolute Gasteiger partial charge is 0.390 e. The Balaban J connectivity index is 1.37. The van der Waals surface area contributed by atoms with Gasteiger partial charge in [-0.3, -0.25) is 4.79 Å². The Hall–Kier alpha value is -1.39. The van der Waals surface area contributed by atoms with Gasteiger partial charge >= 0.3 is 0 Å². The first-order valence-corrected chi connectivity index (χ1v) is 10.7. The fourth-order valence-electron chi connectivity index (χ4n) is 6.97. The third-order valence-corrected chi connectivity index (χ3v) is 7.51. The van der Waals surface area contributed by atoms with E-state index >= 15 is 0 Å². The van der Waals surface area contributed by atoms with Crippen molar-refractivity contribution in [3.05, 3.63) is 30.3 Å². The van der Waals surface area contributed by atoms with Crippen LogP contribution >= 0.6 is 0 Å². The molecule has 0 spiro atoms. The molecule has 4 nitrogen and oxygen atoms in total. The first kappa shape index (κ1) is 17.7. The van der Waals surface area contributed by atoms with E-state index in [1.54, 1.807) is 0 Å². The van der Waals surface area contributed by atoms with Gasteiger partial charge in [0.25, 0.3) is 0 Å². The first-order valence-electron chi connectivity index (χ1n) is 10.7. The molecule has 0 aromatic heterocycles. The molecule has 1 aromatic carbocycles. The summed E-state index contributed by atoms with van der Waals surface area (Å²) in [4.78, 5) is 15.5. The second-order valence-corrected chi connectivity index (χ2v) is 9.93. The van der Waals surface area contributed by atoms with Crippen LogP contribution in [0, 0.1) is 23.2 Å². The second-order valence-electron chi connectivity index (χ2n) is 9.93. The van der Waals surface area contributed by atoms with Crippen LogP contribution in [0.5, 0.6) is 0 Å². The summed E-state index contributed by atoms with van der Waals surface area (Å²) in [5, 5.41) is 11.0. The van der Waals surface area contributed by atoms with Crippen molar-refractivity contribution in [3.63, 3.8) is 0 Å². The fraction of sp³-hybridized carbons (Fsp3) is 0.696. The molecule has 4 saturated carbocycles. The number of aliphatic hydroxyl groups is 1. The number of nitrogens with zero attached hydrogens (tertiary/aromatic N) is 1. The average molecular weight is 370 g/mol. The number of amides is 1. The zero-order valence-electron chi connectivity index (χ0n) is 16.1. The van der Waals surface area contributed by atoms with Gasteiger partial charge in [0.1, 0.15) is 0 Å². The van der Waals surface area contributed by atoms with Crippen LogP contribution in [0.25, 0.3) is 0 Å². The minimum Gasteiger partial charge on any atom is -0.390 e. The zero-order chi connectivity index (χ0) is 18.5. The van der Waals surface area contributed by atoms with Crippen LogP contribution in [-0.2, 0) is 9.53 Å². The van der Waals surface area contributed by atoms with E-state index in [1.165, 1.54) is 6.42 Å². The van der Waals surface area contributed by atoms with E-state index in [2.05, 4.69) is 0 Å². The van der Waals surface area contributed by atoms with Crippen molar-refractivity contribution in [1.82, 2.24) is 0 Å². The molecule has 6 rings (SSSR count). The lowest BCUT2D eigenvalue weighted by Gasteiger charge is -2.60. The van der Waals surface area contributed by atoms with Crippen molar-refractivity contribution in [2.45, 2.75) is 57.0 Å². The number of anilines is 1. The maximum atomic E-state index is 13.5. The summed E-state index contributed by atoms with van der Waals surface area (Å²) >= 11 is 0. The molecule has 5 aliphatic rings. The summed E-state index contributed by atoms with van der Waals surface area (Å²) in [6, 6.07) is 10.1. The highest BCUT2D eigenvalue weighted by atomic mass is 16.5. The van der Waals surface area contributed by atoms with Crippen LogP contribution in [0.15, 0.2) is 30.3 Å². The molecule has 5 fully saturated rings. The highest BCUT2D eigenvalue weighted by Gasteiger charge is 2.57. The molecule has 1 N–H and O–H groups in total. The van der Waals surface area contributed by atoms with Crippen molar-refractivity contribution in [1.29, 1.82) is 0 Å². The average Bonchev–Trinajstić information content (AvgIpc) is 3.11. The van der Waals surface area contributed by atoms with Crippen molar-refractivity contribution in [2.24, 2.45) is 23.2 Å². The maximum Gasteiger partial charge on any atom is 0.227 e. The number of carbonyl (C=O) groups is 1. The third kappa shape index (κ3) is 3.42. The smallest absolute Gasteiger partial charge is 0.227 e. The number of ether oxygens (including phenoxy) is 1. The summed E-state index contributed by atoms with van der Waals surface area (Å²) in [7, 11) is 0. The monoisotopic (exact) mass is 369 g/mol. The van der Waals surface area contributed by atoms with Gasteiger partial charge in [0.15, 0.2) is 0 Å². The molecule has 0 radical (unpaired) electrons. The Kier molecular flexibility index (Phi) is 4.32. The van der Waals surface area contributed by atoms with Crippen LogP contribution in [0.2, 0.25) is 0 Å². The van der Waals surface area contributed by atoms with Crippen molar-refractivity contribution < 1.29 is 14.6 Å². The lowest BCUT2D eigenvalue weighted by atomic mass is 9.47. The summed E-state index contributed by atoms with van der Waals surface area (Å²) in [6.45, 7) is 2.31. The summed E-state index contributed by atoms with van der Waals surface area (Å²) in [6.07, 6.45) is 7.90. The SMILES string of the molecule is O=C(CC12C[C@H]3C[C@@H](CC(O)(C3)C1)C2)N(C[C@H]1CCOC1)c1ccccc1. The minimum atomic E-state index is -0.499. The minimum absolute atomic E-state index is 0.0229. The predicted molar refractivity (Wildman–Crippen MR) is 104 cm³/mol. The van der Waals surface area contributed by atoms with Crippen molar-refractivity contribution in [2.75, 3.05) is 24.7 Å². The topological polar surface area (TPSA) is 49.8 Å². The molecule has 1 heterocycles. The molecule has 4 heteroatoms.